The van der Waals surface area contributed by atoms with E-state index in [1.807, 2.05) is 30.0 Å². The highest BCUT2D eigenvalue weighted by molar-refractivity contribution is 7.98. The van der Waals surface area contributed by atoms with E-state index in [-0.39, 0.29) is 0 Å². The van der Waals surface area contributed by atoms with E-state index in [4.69, 9.17) is 16.3 Å². The molecule has 0 aromatic heterocycles. The molecule has 0 bridgehead atoms. The van der Waals surface area contributed by atoms with Crippen LogP contribution in [0, 0.1) is 0 Å². The number of methoxy groups -OCH3 is 1. The van der Waals surface area contributed by atoms with Crippen LogP contribution in [0.15, 0.2) is 18.2 Å². The van der Waals surface area contributed by atoms with E-state index in [0.29, 0.717) is 6.04 Å². The Balaban J connectivity index is 2.52. The molecule has 0 fully saturated rings. The molecule has 0 saturated heterocycles. The second-order valence-corrected chi connectivity index (χ2v) is 5.44. The minimum Gasteiger partial charge on any atom is -0.496 e. The first-order valence-corrected chi connectivity index (χ1v) is 7.49. The Hall–Kier alpha value is -0.380. The maximum Gasteiger partial charge on any atom is 0.123 e. The van der Waals surface area contributed by atoms with Crippen molar-refractivity contribution in [2.45, 2.75) is 25.9 Å². The molecule has 1 N–H and O–H groups in total. The maximum absolute atomic E-state index is 5.99. The molecule has 0 saturated carbocycles. The lowest BCUT2D eigenvalue weighted by Gasteiger charge is -2.15. The minimum atomic E-state index is 0.506. The molecule has 0 aliphatic heterocycles. The zero-order valence-corrected chi connectivity index (χ0v) is 12.2. The first kappa shape index (κ1) is 14.7. The summed E-state index contributed by atoms with van der Waals surface area (Å²) in [6, 6.07) is 6.22. The first-order chi connectivity index (χ1) is 8.17. The smallest absolute Gasteiger partial charge is 0.123 e. The fourth-order valence-corrected chi connectivity index (χ4v) is 2.35. The molecule has 1 aromatic carbocycles. The lowest BCUT2D eigenvalue weighted by Crippen LogP contribution is -2.26. The Labute approximate surface area is 113 Å². The number of hydrogen-bond acceptors (Lipinski definition) is 3. The van der Waals surface area contributed by atoms with Gasteiger partial charge in [0.05, 0.1) is 7.11 Å². The van der Waals surface area contributed by atoms with Gasteiger partial charge in [0.15, 0.2) is 0 Å². The Kier molecular flexibility index (Phi) is 6.78. The average molecular weight is 274 g/mol. The molecule has 96 valence electrons. The molecule has 1 rings (SSSR count). The van der Waals surface area contributed by atoms with Crippen molar-refractivity contribution in [1.29, 1.82) is 0 Å². The number of nitrogens with one attached hydrogen (secondary N) is 1. The van der Waals surface area contributed by atoms with E-state index in [9.17, 15) is 0 Å². The Morgan fingerprint density at radius 3 is 2.88 bits per heavy atom. The summed E-state index contributed by atoms with van der Waals surface area (Å²) in [5, 5.41) is 4.23. The second-order valence-electron chi connectivity index (χ2n) is 4.02. The number of rotatable bonds is 7. The molecular formula is C13H20ClNOS. The molecule has 4 heteroatoms. The lowest BCUT2D eigenvalue weighted by molar-refractivity contribution is 0.405. The van der Waals surface area contributed by atoms with Crippen molar-refractivity contribution in [3.05, 3.63) is 28.8 Å². The van der Waals surface area contributed by atoms with E-state index in [1.54, 1.807) is 7.11 Å². The van der Waals surface area contributed by atoms with Crippen LogP contribution in [0.2, 0.25) is 5.02 Å². The van der Waals surface area contributed by atoms with Gasteiger partial charge in [-0.25, -0.2) is 0 Å². The van der Waals surface area contributed by atoms with Crippen LogP contribution < -0.4 is 10.1 Å². The van der Waals surface area contributed by atoms with Crippen LogP contribution in [0.4, 0.5) is 0 Å². The van der Waals surface area contributed by atoms with Crippen molar-refractivity contribution in [3.63, 3.8) is 0 Å². The molecule has 0 aliphatic rings. The number of ether oxygens (including phenoxy) is 1. The van der Waals surface area contributed by atoms with Crippen LogP contribution in [-0.2, 0) is 6.54 Å². The van der Waals surface area contributed by atoms with Crippen LogP contribution in [0.3, 0.4) is 0 Å². The average Bonchev–Trinajstić information content (AvgIpc) is 2.34. The van der Waals surface area contributed by atoms with Gasteiger partial charge in [-0.15, -0.1) is 0 Å². The molecule has 1 atom stereocenters. The molecule has 17 heavy (non-hydrogen) atoms. The summed E-state index contributed by atoms with van der Waals surface area (Å²) < 4.78 is 5.31. The Morgan fingerprint density at radius 1 is 1.47 bits per heavy atom. The molecule has 0 spiro atoms. The van der Waals surface area contributed by atoms with E-state index in [0.717, 1.165) is 22.9 Å². The van der Waals surface area contributed by atoms with E-state index in [2.05, 4.69) is 18.5 Å². The largest absolute Gasteiger partial charge is 0.496 e. The quantitative estimate of drug-likeness (QED) is 0.821. The minimum absolute atomic E-state index is 0.506. The fraction of sp³-hybridized carbons (Fsp3) is 0.538. The number of thioether (sulfide) groups is 1. The summed E-state index contributed by atoms with van der Waals surface area (Å²) in [6.45, 7) is 2.99. The van der Waals surface area contributed by atoms with E-state index in [1.165, 1.54) is 12.2 Å². The monoisotopic (exact) mass is 273 g/mol. The molecule has 0 radical (unpaired) electrons. The number of hydrogen-bond donors (Lipinski definition) is 1. The topological polar surface area (TPSA) is 21.3 Å². The van der Waals surface area contributed by atoms with Crippen LogP contribution in [-0.4, -0.2) is 25.2 Å². The lowest BCUT2D eigenvalue weighted by atomic mass is 10.1. The van der Waals surface area contributed by atoms with Gasteiger partial charge in [-0.05, 0) is 43.6 Å². The molecular weight excluding hydrogens is 254 g/mol. The Morgan fingerprint density at radius 2 is 2.24 bits per heavy atom. The third-order valence-electron chi connectivity index (χ3n) is 2.64. The summed E-state index contributed by atoms with van der Waals surface area (Å²) in [4.78, 5) is 0. The SMILES string of the molecule is COc1ccc(Cl)cc1CNC(C)CCSC. The molecule has 2 nitrogen and oxygen atoms in total. The van der Waals surface area contributed by atoms with Gasteiger partial charge in [-0.3, -0.25) is 0 Å². The van der Waals surface area contributed by atoms with Gasteiger partial charge in [-0.1, -0.05) is 11.6 Å². The number of halogens is 1. The standard InChI is InChI=1S/C13H20ClNOS/c1-10(6-7-17-3)15-9-11-8-12(14)4-5-13(11)16-2/h4-5,8,10,15H,6-7,9H2,1-3H3. The summed E-state index contributed by atoms with van der Waals surface area (Å²) in [5.74, 6) is 2.07. The highest BCUT2D eigenvalue weighted by Gasteiger charge is 2.06. The van der Waals surface area contributed by atoms with Crippen LogP contribution >= 0.6 is 23.4 Å². The molecule has 0 aliphatic carbocycles. The van der Waals surface area contributed by atoms with Crippen molar-refractivity contribution in [2.75, 3.05) is 19.1 Å². The predicted octanol–water partition coefficient (Wildman–Crippen LogP) is 3.58. The van der Waals surface area contributed by atoms with Gasteiger partial charge in [0.2, 0.25) is 0 Å². The summed E-state index contributed by atoms with van der Waals surface area (Å²) >= 11 is 7.86. The van der Waals surface area contributed by atoms with Gasteiger partial charge in [0.25, 0.3) is 0 Å². The second kappa shape index (κ2) is 7.85. The molecule has 0 heterocycles. The highest BCUT2D eigenvalue weighted by Crippen LogP contribution is 2.22. The summed E-state index contributed by atoms with van der Waals surface area (Å²) in [5.41, 5.74) is 1.11. The van der Waals surface area contributed by atoms with Crippen LogP contribution in [0.5, 0.6) is 5.75 Å². The van der Waals surface area contributed by atoms with Crippen molar-refractivity contribution in [3.8, 4) is 5.75 Å². The third kappa shape index (κ3) is 5.19. The predicted molar refractivity (Wildman–Crippen MR) is 77.3 cm³/mol. The third-order valence-corrected chi connectivity index (χ3v) is 3.52. The van der Waals surface area contributed by atoms with Gasteiger partial charge in [0.1, 0.15) is 5.75 Å². The maximum atomic E-state index is 5.99. The van der Waals surface area contributed by atoms with Crippen LogP contribution in [0.25, 0.3) is 0 Å². The van der Waals surface area contributed by atoms with Crippen molar-refractivity contribution >= 4 is 23.4 Å². The van der Waals surface area contributed by atoms with Gasteiger partial charge in [0, 0.05) is 23.2 Å². The molecule has 0 amide bonds. The molecule has 1 aromatic rings. The highest BCUT2D eigenvalue weighted by atomic mass is 35.5. The van der Waals surface area contributed by atoms with Gasteiger partial charge < -0.3 is 10.1 Å². The molecule has 1 unspecified atom stereocenters. The van der Waals surface area contributed by atoms with E-state index >= 15 is 0 Å². The summed E-state index contributed by atoms with van der Waals surface area (Å²) in [6.07, 6.45) is 3.30. The van der Waals surface area contributed by atoms with E-state index < -0.39 is 0 Å². The van der Waals surface area contributed by atoms with Crippen LogP contribution in [0.1, 0.15) is 18.9 Å². The van der Waals surface area contributed by atoms with Crippen molar-refractivity contribution in [1.82, 2.24) is 5.32 Å². The Bertz CT molecular complexity index is 346. The van der Waals surface area contributed by atoms with Gasteiger partial charge in [-0.2, -0.15) is 11.8 Å². The number of benzene rings is 1. The first-order valence-electron chi connectivity index (χ1n) is 5.72. The van der Waals surface area contributed by atoms with Crippen molar-refractivity contribution < 1.29 is 4.74 Å². The van der Waals surface area contributed by atoms with Crippen molar-refractivity contribution in [2.24, 2.45) is 0 Å². The fourth-order valence-electron chi connectivity index (χ4n) is 1.57. The zero-order chi connectivity index (χ0) is 12.7. The van der Waals surface area contributed by atoms with Gasteiger partial charge >= 0.3 is 0 Å². The zero-order valence-electron chi connectivity index (χ0n) is 10.6. The normalized spacial score (nSPS) is 12.5. The summed E-state index contributed by atoms with van der Waals surface area (Å²) in [7, 11) is 1.68.